The fourth-order valence-electron chi connectivity index (χ4n) is 3.15. The minimum Gasteiger partial charge on any atom is -0.373 e. The Hall–Kier alpha value is -0.580. The van der Waals surface area contributed by atoms with Gasteiger partial charge in [0, 0.05) is 5.92 Å². The van der Waals surface area contributed by atoms with E-state index in [0.29, 0.717) is 11.1 Å². The number of hydrogen-bond acceptors (Lipinski definition) is 3. The summed E-state index contributed by atoms with van der Waals surface area (Å²) < 4.78 is 2.00. The number of rotatable bonds is 1. The number of piperidine rings is 1. The summed E-state index contributed by atoms with van der Waals surface area (Å²) in [6.07, 6.45) is 4.55. The van der Waals surface area contributed by atoms with Crippen molar-refractivity contribution in [1.29, 1.82) is 0 Å². The molecule has 1 aromatic rings. The summed E-state index contributed by atoms with van der Waals surface area (Å²) in [4.78, 5) is 6.88. The van der Waals surface area contributed by atoms with Crippen LogP contribution in [-0.4, -0.2) is 39.7 Å². The zero-order chi connectivity index (χ0) is 12.7. The zero-order valence-electron chi connectivity index (χ0n) is 10.8. The van der Waals surface area contributed by atoms with Crippen molar-refractivity contribution in [1.82, 2.24) is 14.5 Å². The van der Waals surface area contributed by atoms with Crippen LogP contribution < -0.4 is 0 Å². The summed E-state index contributed by atoms with van der Waals surface area (Å²) in [7, 11) is 2.15. The van der Waals surface area contributed by atoms with Gasteiger partial charge >= 0.3 is 0 Å². The number of aliphatic hydroxyl groups is 1. The van der Waals surface area contributed by atoms with Gasteiger partial charge < -0.3 is 14.6 Å². The van der Waals surface area contributed by atoms with E-state index in [1.165, 1.54) is 0 Å². The van der Waals surface area contributed by atoms with Gasteiger partial charge in [-0.05, 0) is 52.2 Å². The number of nitrogens with zero attached hydrogens (tertiary/aromatic N) is 3. The van der Waals surface area contributed by atoms with E-state index in [2.05, 4.69) is 16.9 Å². The summed E-state index contributed by atoms with van der Waals surface area (Å²) in [5.74, 6) is 1.45. The standard InChI is InChI=1S/C13H20ClN3O/c1-16-7-5-9(6-8-16)13-15-12(14)10-3-2-4-11(18)17(10)13/h9,11,18H,2-8H2,1H3. The first-order valence-electron chi connectivity index (χ1n) is 6.80. The second kappa shape index (κ2) is 4.83. The molecular formula is C13H20ClN3O. The molecule has 3 heterocycles. The van der Waals surface area contributed by atoms with E-state index < -0.39 is 6.23 Å². The van der Waals surface area contributed by atoms with Crippen molar-refractivity contribution in [3.8, 4) is 0 Å². The van der Waals surface area contributed by atoms with Gasteiger partial charge in [-0.15, -0.1) is 0 Å². The molecule has 5 heteroatoms. The van der Waals surface area contributed by atoms with Gasteiger partial charge in [-0.3, -0.25) is 0 Å². The van der Waals surface area contributed by atoms with Gasteiger partial charge in [0.25, 0.3) is 0 Å². The highest BCUT2D eigenvalue weighted by Gasteiger charge is 2.30. The van der Waals surface area contributed by atoms with Crippen molar-refractivity contribution in [2.24, 2.45) is 0 Å². The van der Waals surface area contributed by atoms with E-state index in [-0.39, 0.29) is 0 Å². The van der Waals surface area contributed by atoms with Crippen LogP contribution in [0.4, 0.5) is 0 Å². The van der Waals surface area contributed by atoms with E-state index in [1.807, 2.05) is 4.57 Å². The van der Waals surface area contributed by atoms with Crippen LogP contribution in [0.1, 0.15) is 49.3 Å². The van der Waals surface area contributed by atoms with Gasteiger partial charge in [0.05, 0.1) is 5.69 Å². The lowest BCUT2D eigenvalue weighted by Gasteiger charge is -2.31. The number of imidazole rings is 1. The van der Waals surface area contributed by atoms with Gasteiger partial charge in [-0.2, -0.15) is 0 Å². The second-order valence-electron chi connectivity index (χ2n) is 5.53. The number of hydrogen-bond donors (Lipinski definition) is 1. The lowest BCUT2D eigenvalue weighted by molar-refractivity contribution is 0.0729. The molecule has 1 unspecified atom stereocenters. The smallest absolute Gasteiger partial charge is 0.150 e. The number of aliphatic hydroxyl groups excluding tert-OH is 1. The molecule has 18 heavy (non-hydrogen) atoms. The van der Waals surface area contributed by atoms with Crippen molar-refractivity contribution < 1.29 is 5.11 Å². The summed E-state index contributed by atoms with van der Waals surface area (Å²) in [5.41, 5.74) is 1.03. The molecule has 1 fully saturated rings. The molecule has 1 saturated heterocycles. The third kappa shape index (κ3) is 2.06. The molecule has 4 nitrogen and oxygen atoms in total. The monoisotopic (exact) mass is 269 g/mol. The van der Waals surface area contributed by atoms with Gasteiger partial charge in [0.2, 0.25) is 0 Å². The van der Waals surface area contributed by atoms with Crippen molar-refractivity contribution >= 4 is 11.6 Å². The lowest BCUT2D eigenvalue weighted by Crippen LogP contribution is -2.31. The van der Waals surface area contributed by atoms with Crippen LogP contribution >= 0.6 is 11.6 Å². The van der Waals surface area contributed by atoms with Gasteiger partial charge in [0.15, 0.2) is 5.15 Å². The van der Waals surface area contributed by atoms with Crippen LogP contribution in [0.2, 0.25) is 5.15 Å². The summed E-state index contributed by atoms with van der Waals surface area (Å²) in [5, 5.41) is 10.8. The van der Waals surface area contributed by atoms with Crippen LogP contribution in [0.15, 0.2) is 0 Å². The largest absolute Gasteiger partial charge is 0.373 e. The van der Waals surface area contributed by atoms with Gasteiger partial charge in [-0.25, -0.2) is 4.98 Å². The molecule has 0 aliphatic carbocycles. The predicted molar refractivity (Wildman–Crippen MR) is 70.9 cm³/mol. The molecule has 0 amide bonds. The molecule has 0 spiro atoms. The first-order valence-corrected chi connectivity index (χ1v) is 7.17. The number of fused-ring (bicyclic) bond motifs is 1. The Morgan fingerprint density at radius 3 is 2.72 bits per heavy atom. The maximum atomic E-state index is 10.2. The van der Waals surface area contributed by atoms with Crippen LogP contribution in [-0.2, 0) is 6.42 Å². The van der Waals surface area contributed by atoms with E-state index in [4.69, 9.17) is 11.6 Å². The Morgan fingerprint density at radius 1 is 1.28 bits per heavy atom. The van der Waals surface area contributed by atoms with Crippen LogP contribution in [0.25, 0.3) is 0 Å². The predicted octanol–water partition coefficient (Wildman–Crippen LogP) is 2.17. The third-order valence-electron chi connectivity index (χ3n) is 4.25. The average molecular weight is 270 g/mol. The fraction of sp³-hybridized carbons (Fsp3) is 0.769. The molecular weight excluding hydrogens is 250 g/mol. The second-order valence-corrected chi connectivity index (χ2v) is 5.89. The highest BCUT2D eigenvalue weighted by molar-refractivity contribution is 6.30. The lowest BCUT2D eigenvalue weighted by atomic mass is 9.95. The Labute approximate surface area is 113 Å². The van der Waals surface area contributed by atoms with Crippen molar-refractivity contribution in [2.45, 2.75) is 44.2 Å². The Morgan fingerprint density at radius 2 is 2.00 bits per heavy atom. The normalized spacial score (nSPS) is 26.3. The number of likely N-dealkylation sites (tertiary alicyclic amines) is 1. The van der Waals surface area contributed by atoms with Gasteiger partial charge in [0.1, 0.15) is 12.1 Å². The fourth-order valence-corrected chi connectivity index (χ4v) is 3.42. The van der Waals surface area contributed by atoms with E-state index >= 15 is 0 Å². The van der Waals surface area contributed by atoms with Crippen LogP contribution in [0.3, 0.4) is 0 Å². The van der Waals surface area contributed by atoms with E-state index in [0.717, 1.165) is 56.7 Å². The average Bonchev–Trinajstić information content (AvgIpc) is 2.70. The third-order valence-corrected chi connectivity index (χ3v) is 4.55. The highest BCUT2D eigenvalue weighted by atomic mass is 35.5. The topological polar surface area (TPSA) is 41.3 Å². The van der Waals surface area contributed by atoms with Crippen molar-refractivity contribution in [3.63, 3.8) is 0 Å². The highest BCUT2D eigenvalue weighted by Crippen LogP contribution is 2.36. The molecule has 1 atom stereocenters. The molecule has 2 aliphatic heterocycles. The zero-order valence-corrected chi connectivity index (χ0v) is 11.5. The summed E-state index contributed by atoms with van der Waals surface area (Å²) in [6, 6.07) is 0. The Bertz CT molecular complexity index is 438. The molecule has 3 rings (SSSR count). The van der Waals surface area contributed by atoms with Crippen molar-refractivity contribution in [2.75, 3.05) is 20.1 Å². The number of halogens is 1. The van der Waals surface area contributed by atoms with Gasteiger partial charge in [-0.1, -0.05) is 11.6 Å². The SMILES string of the molecule is CN1CCC(c2nc(Cl)c3n2C(O)CCC3)CC1. The minimum atomic E-state index is -0.427. The molecule has 2 aliphatic rings. The first kappa shape index (κ1) is 12.5. The molecule has 0 bridgehead atoms. The quantitative estimate of drug-likeness (QED) is 0.850. The maximum Gasteiger partial charge on any atom is 0.150 e. The summed E-state index contributed by atoms with van der Waals surface area (Å²) >= 11 is 6.22. The number of aromatic nitrogens is 2. The van der Waals surface area contributed by atoms with Crippen molar-refractivity contribution in [3.05, 3.63) is 16.7 Å². The maximum absolute atomic E-state index is 10.2. The first-order chi connectivity index (χ1) is 8.66. The molecule has 100 valence electrons. The molecule has 1 aromatic heterocycles. The van der Waals surface area contributed by atoms with Crippen LogP contribution in [0.5, 0.6) is 0 Å². The molecule has 1 N–H and O–H groups in total. The molecule has 0 radical (unpaired) electrons. The van der Waals surface area contributed by atoms with E-state index in [9.17, 15) is 5.11 Å². The van der Waals surface area contributed by atoms with Crippen LogP contribution in [0, 0.1) is 0 Å². The Balaban J connectivity index is 1.92. The molecule has 0 aromatic carbocycles. The minimum absolute atomic E-state index is 0.427. The molecule has 0 saturated carbocycles. The Kier molecular flexibility index (Phi) is 3.34. The van der Waals surface area contributed by atoms with E-state index in [1.54, 1.807) is 0 Å². The summed E-state index contributed by atoms with van der Waals surface area (Å²) in [6.45, 7) is 2.20.